The first-order chi connectivity index (χ1) is 7.77. The Hall–Kier alpha value is -0.860. The highest BCUT2D eigenvalue weighted by Gasteiger charge is 2.36. The maximum absolute atomic E-state index is 6.42. The SMILES string of the molecule is CN(C1CC1)C1CCc2ccccc2C1N. The molecule has 2 atom stereocenters. The summed E-state index contributed by atoms with van der Waals surface area (Å²) in [6, 6.07) is 10.2. The monoisotopic (exact) mass is 216 g/mol. The van der Waals surface area contributed by atoms with Crippen LogP contribution in [0.2, 0.25) is 0 Å². The van der Waals surface area contributed by atoms with Crippen molar-refractivity contribution in [2.45, 2.75) is 43.8 Å². The van der Waals surface area contributed by atoms with Crippen molar-refractivity contribution in [1.82, 2.24) is 4.90 Å². The van der Waals surface area contributed by atoms with Crippen LogP contribution in [-0.4, -0.2) is 24.0 Å². The van der Waals surface area contributed by atoms with Crippen LogP contribution < -0.4 is 5.73 Å². The quantitative estimate of drug-likeness (QED) is 0.820. The summed E-state index contributed by atoms with van der Waals surface area (Å²) >= 11 is 0. The number of rotatable bonds is 2. The Balaban J connectivity index is 1.85. The Morgan fingerprint density at radius 1 is 1.19 bits per heavy atom. The van der Waals surface area contributed by atoms with E-state index >= 15 is 0 Å². The van der Waals surface area contributed by atoms with Gasteiger partial charge in [-0.3, -0.25) is 4.90 Å². The van der Waals surface area contributed by atoms with Crippen molar-refractivity contribution >= 4 is 0 Å². The van der Waals surface area contributed by atoms with Crippen molar-refractivity contribution < 1.29 is 0 Å². The highest BCUT2D eigenvalue weighted by molar-refractivity contribution is 5.33. The third-order valence-electron chi connectivity index (χ3n) is 4.18. The molecular weight excluding hydrogens is 196 g/mol. The van der Waals surface area contributed by atoms with E-state index in [1.54, 1.807) is 0 Å². The molecule has 0 bridgehead atoms. The van der Waals surface area contributed by atoms with E-state index in [0.29, 0.717) is 6.04 Å². The van der Waals surface area contributed by atoms with E-state index in [1.165, 1.54) is 36.8 Å². The lowest BCUT2D eigenvalue weighted by atomic mass is 9.84. The van der Waals surface area contributed by atoms with Crippen molar-refractivity contribution in [2.75, 3.05) is 7.05 Å². The molecule has 2 unspecified atom stereocenters. The van der Waals surface area contributed by atoms with Crippen LogP contribution in [0.5, 0.6) is 0 Å². The van der Waals surface area contributed by atoms with Crippen molar-refractivity contribution in [2.24, 2.45) is 5.73 Å². The topological polar surface area (TPSA) is 29.3 Å². The minimum atomic E-state index is 0.204. The van der Waals surface area contributed by atoms with Crippen molar-refractivity contribution in [3.63, 3.8) is 0 Å². The van der Waals surface area contributed by atoms with Crippen LogP contribution in [0.15, 0.2) is 24.3 Å². The van der Waals surface area contributed by atoms with Gasteiger partial charge in [0.05, 0.1) is 0 Å². The van der Waals surface area contributed by atoms with E-state index in [-0.39, 0.29) is 6.04 Å². The molecule has 1 saturated carbocycles. The van der Waals surface area contributed by atoms with Gasteiger partial charge in [0.15, 0.2) is 0 Å². The molecule has 1 aromatic carbocycles. The van der Waals surface area contributed by atoms with Crippen LogP contribution in [0, 0.1) is 0 Å². The van der Waals surface area contributed by atoms with Gasteiger partial charge in [0.1, 0.15) is 0 Å². The second-order valence-electron chi connectivity index (χ2n) is 5.23. The van der Waals surface area contributed by atoms with Crippen LogP contribution in [-0.2, 0) is 6.42 Å². The van der Waals surface area contributed by atoms with E-state index in [9.17, 15) is 0 Å². The van der Waals surface area contributed by atoms with E-state index in [1.807, 2.05) is 0 Å². The second kappa shape index (κ2) is 3.86. The number of nitrogens with zero attached hydrogens (tertiary/aromatic N) is 1. The maximum atomic E-state index is 6.42. The van der Waals surface area contributed by atoms with Crippen LogP contribution in [0.25, 0.3) is 0 Å². The smallest absolute Gasteiger partial charge is 0.0455 e. The molecule has 2 heteroatoms. The molecule has 0 amide bonds. The van der Waals surface area contributed by atoms with Gasteiger partial charge in [-0.1, -0.05) is 24.3 Å². The number of hydrogen-bond donors (Lipinski definition) is 1. The molecule has 0 aliphatic heterocycles. The zero-order valence-corrected chi connectivity index (χ0v) is 9.89. The molecule has 0 saturated heterocycles. The molecule has 1 fully saturated rings. The molecule has 2 N–H and O–H groups in total. The Kier molecular flexibility index (Phi) is 2.49. The van der Waals surface area contributed by atoms with E-state index in [2.05, 4.69) is 36.2 Å². The largest absolute Gasteiger partial charge is 0.323 e. The Morgan fingerprint density at radius 3 is 2.69 bits per heavy atom. The average molecular weight is 216 g/mol. The summed E-state index contributed by atoms with van der Waals surface area (Å²) < 4.78 is 0. The number of aryl methyl sites for hydroxylation is 1. The van der Waals surface area contributed by atoms with Crippen LogP contribution in [0.4, 0.5) is 0 Å². The summed E-state index contributed by atoms with van der Waals surface area (Å²) in [5.41, 5.74) is 9.24. The zero-order chi connectivity index (χ0) is 11.1. The predicted molar refractivity (Wildman–Crippen MR) is 66.3 cm³/mol. The molecule has 0 spiro atoms. The molecule has 2 aliphatic carbocycles. The zero-order valence-electron chi connectivity index (χ0n) is 9.89. The lowest BCUT2D eigenvalue weighted by Gasteiger charge is -2.37. The van der Waals surface area contributed by atoms with Gasteiger partial charge in [0.2, 0.25) is 0 Å². The van der Waals surface area contributed by atoms with E-state index in [0.717, 1.165) is 6.04 Å². The van der Waals surface area contributed by atoms with Gasteiger partial charge >= 0.3 is 0 Å². The van der Waals surface area contributed by atoms with Gasteiger partial charge in [-0.25, -0.2) is 0 Å². The van der Waals surface area contributed by atoms with Crippen molar-refractivity contribution in [1.29, 1.82) is 0 Å². The predicted octanol–water partition coefficient (Wildman–Crippen LogP) is 2.10. The van der Waals surface area contributed by atoms with Gasteiger partial charge in [-0.15, -0.1) is 0 Å². The second-order valence-corrected chi connectivity index (χ2v) is 5.23. The minimum Gasteiger partial charge on any atom is -0.323 e. The molecule has 16 heavy (non-hydrogen) atoms. The number of likely N-dealkylation sites (N-methyl/N-ethyl adjacent to an activating group) is 1. The molecule has 2 aliphatic rings. The van der Waals surface area contributed by atoms with Gasteiger partial charge < -0.3 is 5.73 Å². The number of benzene rings is 1. The molecule has 0 aromatic heterocycles. The normalized spacial score (nSPS) is 29.2. The highest BCUT2D eigenvalue weighted by Crippen LogP contribution is 2.36. The van der Waals surface area contributed by atoms with Gasteiger partial charge in [0, 0.05) is 18.1 Å². The summed E-state index contributed by atoms with van der Waals surface area (Å²) in [5.74, 6) is 0. The summed E-state index contributed by atoms with van der Waals surface area (Å²) in [7, 11) is 2.25. The van der Waals surface area contributed by atoms with E-state index in [4.69, 9.17) is 5.73 Å². The number of hydrogen-bond acceptors (Lipinski definition) is 2. The lowest BCUT2D eigenvalue weighted by molar-refractivity contribution is 0.183. The molecule has 0 radical (unpaired) electrons. The standard InChI is InChI=1S/C14H20N2/c1-16(11-7-8-11)13-9-6-10-4-2-3-5-12(10)14(13)15/h2-5,11,13-14H,6-9,15H2,1H3. The van der Waals surface area contributed by atoms with Gasteiger partial charge in [-0.05, 0) is 43.9 Å². The number of nitrogens with two attached hydrogens (primary N) is 1. The summed E-state index contributed by atoms with van der Waals surface area (Å²) in [4.78, 5) is 2.51. The molecule has 2 nitrogen and oxygen atoms in total. The van der Waals surface area contributed by atoms with E-state index < -0.39 is 0 Å². The van der Waals surface area contributed by atoms with Crippen molar-refractivity contribution in [3.05, 3.63) is 35.4 Å². The maximum Gasteiger partial charge on any atom is 0.0455 e. The van der Waals surface area contributed by atoms with Crippen LogP contribution >= 0.6 is 0 Å². The fourth-order valence-corrected chi connectivity index (χ4v) is 2.99. The third kappa shape index (κ3) is 1.66. The molecule has 0 heterocycles. The first-order valence-electron chi connectivity index (χ1n) is 6.32. The lowest BCUT2D eigenvalue weighted by Crippen LogP contribution is -2.44. The average Bonchev–Trinajstić information content (AvgIpc) is 3.13. The molecule has 86 valence electrons. The van der Waals surface area contributed by atoms with Crippen LogP contribution in [0.3, 0.4) is 0 Å². The Bertz CT molecular complexity index is 384. The fraction of sp³-hybridized carbons (Fsp3) is 0.571. The highest BCUT2D eigenvalue weighted by atomic mass is 15.2. The molecular formula is C14H20N2. The summed E-state index contributed by atoms with van der Waals surface area (Å²) in [5, 5.41) is 0. The first kappa shape index (κ1) is 10.3. The van der Waals surface area contributed by atoms with Gasteiger partial charge in [-0.2, -0.15) is 0 Å². The van der Waals surface area contributed by atoms with Crippen LogP contribution in [0.1, 0.15) is 36.4 Å². The Morgan fingerprint density at radius 2 is 1.94 bits per heavy atom. The third-order valence-corrected chi connectivity index (χ3v) is 4.18. The summed E-state index contributed by atoms with van der Waals surface area (Å²) in [6.07, 6.45) is 5.12. The number of fused-ring (bicyclic) bond motifs is 1. The summed E-state index contributed by atoms with van der Waals surface area (Å²) in [6.45, 7) is 0. The Labute approximate surface area is 97.4 Å². The first-order valence-corrected chi connectivity index (χ1v) is 6.32. The minimum absolute atomic E-state index is 0.204. The molecule has 1 aromatic rings. The van der Waals surface area contributed by atoms with Gasteiger partial charge in [0.25, 0.3) is 0 Å². The fourth-order valence-electron chi connectivity index (χ4n) is 2.99. The van der Waals surface area contributed by atoms with Crippen molar-refractivity contribution in [3.8, 4) is 0 Å². The molecule has 3 rings (SSSR count).